The number of carbonyl (C=O) groups excluding carboxylic acids is 4. The summed E-state index contributed by atoms with van der Waals surface area (Å²) in [5.74, 6) is -4.61. The monoisotopic (exact) mass is 1990 g/mol. The number of aromatic amines is 4. The van der Waals surface area contributed by atoms with E-state index in [-0.39, 0.29) is 70.6 Å². The molecule has 0 fully saturated rings. The number of hydrogen-bond donors (Lipinski definition) is 8. The number of H-pyrrole nitrogens is 4. The van der Waals surface area contributed by atoms with Gasteiger partial charge in [0, 0.05) is 162 Å². The largest absolute Gasteiger partial charge is 0.497 e. The van der Waals surface area contributed by atoms with Crippen LogP contribution >= 0.6 is 11.6 Å². The average molecular weight is 2000 g/mol. The summed E-state index contributed by atoms with van der Waals surface area (Å²) in [5.41, 5.74) is 10.9. The Balaban J connectivity index is 0.000000156. The Kier molecular flexibility index (Phi) is 30.4. The summed E-state index contributed by atoms with van der Waals surface area (Å²) in [4.78, 5) is 67.3. The van der Waals surface area contributed by atoms with E-state index in [2.05, 4.69) is 41.2 Å². The highest BCUT2D eigenvalue weighted by Crippen LogP contribution is 2.41. The number of sulfone groups is 4. The number of carbonyl (C=O) groups is 4. The Labute approximate surface area is 801 Å². The molecule has 0 aliphatic rings. The molecule has 16 rings (SSSR count). The van der Waals surface area contributed by atoms with Gasteiger partial charge in [0.15, 0.2) is 74.1 Å². The lowest BCUT2D eigenvalue weighted by molar-refractivity contribution is 0.0963. The van der Waals surface area contributed by atoms with E-state index >= 15 is 0 Å². The molecule has 0 amide bonds. The molecule has 16 aromatic rings. The predicted molar refractivity (Wildman–Crippen MR) is 524 cm³/mol. The first-order valence-corrected chi connectivity index (χ1v) is 50.4. The number of ketones is 4. The molecular weight excluding hydrogens is 1900 g/mol. The predicted octanol–water partition coefficient (Wildman–Crippen LogP) is 22.3. The second-order valence-electron chi connectivity index (χ2n) is 33.4. The number of halogens is 8. The molecule has 8 N–H and O–H groups in total. The van der Waals surface area contributed by atoms with Crippen molar-refractivity contribution in [1.29, 1.82) is 0 Å². The summed E-state index contributed by atoms with van der Waals surface area (Å²) >= 11 is 6.33. The van der Waals surface area contributed by atoms with E-state index in [9.17, 15) is 83.6 Å². The van der Waals surface area contributed by atoms with Crippen molar-refractivity contribution >= 4 is 140 Å². The SMILES string of the molecule is COc1cc(NC(C(=O)c2c[nH]c3c(F)c(F)ccc23)c2ccc(F)cc2C)cc(S(C)(=O)=O)c1.COc1cc(NC(C(=O)c2c[nH]c3cc(C)c(Cl)cc23)c2ccc(F)cc2C)cc(S(C)(=O)=O)c1.COc1cc(NC(C(=O)c2c[nH]c3cc(F)c(C)cc23)c2ccc(F)cc2C)cc(S(C)(=O)=O)c1.COc1cc(NC(C(=O)c2c[nH]c3ccc(C)cc23)c2ccc(F)cc2C)cc(S(C)(=O)=O)c1. The van der Waals surface area contributed by atoms with Crippen LogP contribution in [0.1, 0.15) is 127 Å². The lowest BCUT2D eigenvalue weighted by Gasteiger charge is -2.22. The minimum absolute atomic E-state index is 0.0135. The van der Waals surface area contributed by atoms with Gasteiger partial charge in [-0.3, -0.25) is 19.2 Å². The second-order valence-corrected chi connectivity index (χ2v) is 41.9. The molecule has 4 aromatic heterocycles. The molecule has 4 heterocycles. The maximum atomic E-state index is 14.2. The summed E-state index contributed by atoms with van der Waals surface area (Å²) < 4.78 is 216. The molecular formula is C103H94ClF7N8O16S4. The molecule has 12 aromatic carbocycles. The van der Waals surface area contributed by atoms with Crippen molar-refractivity contribution in [2.75, 3.05) is 74.7 Å². The van der Waals surface area contributed by atoms with Crippen LogP contribution in [-0.2, 0) is 39.3 Å². The Morgan fingerprint density at radius 2 is 0.604 bits per heavy atom. The van der Waals surface area contributed by atoms with Gasteiger partial charge in [-0.1, -0.05) is 47.5 Å². The van der Waals surface area contributed by atoms with E-state index in [1.165, 1.54) is 168 Å². The highest BCUT2D eigenvalue weighted by atomic mass is 35.5. The standard InChI is InChI=1S/C26H24ClFN2O4S.C26H24F2N2O4S.C26H25FN2O4S.C25H21F3N2O4S/c1-14-7-16(28)5-6-20(14)25(30-17-9-18(34-3)11-19(10-17)35(4,32)33)26(31)22-13-29-24-8-15(2)23(27)12-21(22)24;1-14-7-16(27)5-6-20(14)25(30-17-9-18(34-3)11-19(10-17)35(4,32)33)26(31)22-13-29-24-12-23(28)15(2)8-21(22)24;1-15-5-8-24-22(9-15)23(14-28-24)26(30)25(21-7-6-17(27)10-16(21)2)29-18-11-19(33-3)13-20(12-18)34(4,31)32;1-13-8-14(26)4-5-18(13)24(30-15-9-16(34-2)11-17(10-15)35(3,32)33)25(31)20-12-29-23-19(20)6-7-21(27)22(23)28/h2*5-13,25,29-30H,1-4H3;5-14,25,28-29H,1-4H3;4-12,24,29-30H,1-3H3. The number of aryl methyl sites for hydroxylation is 7. The van der Waals surface area contributed by atoms with E-state index in [1.54, 1.807) is 89.5 Å². The number of hydrogen-bond acceptors (Lipinski definition) is 20. The molecule has 0 bridgehead atoms. The highest BCUT2D eigenvalue weighted by Gasteiger charge is 2.34. The number of methoxy groups -OCH3 is 4. The van der Waals surface area contributed by atoms with Gasteiger partial charge in [0.25, 0.3) is 0 Å². The summed E-state index contributed by atoms with van der Waals surface area (Å²) in [6.07, 6.45) is 10.4. The van der Waals surface area contributed by atoms with Gasteiger partial charge in [-0.2, -0.15) is 0 Å². The van der Waals surface area contributed by atoms with E-state index in [0.717, 1.165) is 58.6 Å². The summed E-state index contributed by atoms with van der Waals surface area (Å²) in [7, 11) is -8.61. The third kappa shape index (κ3) is 23.3. The molecule has 4 atom stereocenters. The van der Waals surface area contributed by atoms with Gasteiger partial charge in [-0.05, 0) is 250 Å². The molecule has 0 aliphatic heterocycles. The zero-order valence-electron chi connectivity index (χ0n) is 77.4. The van der Waals surface area contributed by atoms with Crippen LogP contribution in [0.4, 0.5) is 53.5 Å². The maximum absolute atomic E-state index is 14.2. The van der Waals surface area contributed by atoms with Crippen LogP contribution in [0.25, 0.3) is 43.6 Å². The van der Waals surface area contributed by atoms with Gasteiger partial charge < -0.3 is 60.2 Å². The van der Waals surface area contributed by atoms with Crippen molar-refractivity contribution in [3.05, 3.63) is 354 Å². The van der Waals surface area contributed by atoms with Crippen LogP contribution in [0.15, 0.2) is 245 Å². The topological polar surface area (TPSA) is 353 Å². The van der Waals surface area contributed by atoms with Gasteiger partial charge in [0.2, 0.25) is 0 Å². The van der Waals surface area contributed by atoms with E-state index < -0.39 is 110 Å². The molecule has 0 saturated carbocycles. The Hall–Kier alpha value is -14.5. The number of nitrogens with one attached hydrogen (secondary N) is 8. The number of aromatic nitrogens is 4. The van der Waals surface area contributed by atoms with E-state index in [1.807, 2.05) is 38.1 Å². The fourth-order valence-corrected chi connectivity index (χ4v) is 18.8. The molecule has 0 saturated heterocycles. The lowest BCUT2D eigenvalue weighted by Crippen LogP contribution is -2.22. The molecule has 24 nitrogen and oxygen atoms in total. The fraction of sp³-hybridized carbons (Fsp3) is 0.184. The molecule has 0 radical (unpaired) electrons. The van der Waals surface area contributed by atoms with Crippen LogP contribution in [0, 0.1) is 89.2 Å². The van der Waals surface area contributed by atoms with E-state index in [4.69, 9.17) is 30.5 Å². The van der Waals surface area contributed by atoms with Crippen molar-refractivity contribution in [2.45, 2.75) is 92.2 Å². The lowest BCUT2D eigenvalue weighted by atomic mass is 9.93. The Bertz CT molecular complexity index is 7620. The van der Waals surface area contributed by atoms with Gasteiger partial charge in [-0.25, -0.2) is 64.4 Å². The molecule has 722 valence electrons. The van der Waals surface area contributed by atoms with Crippen LogP contribution < -0.4 is 40.2 Å². The van der Waals surface area contributed by atoms with Crippen molar-refractivity contribution in [1.82, 2.24) is 19.9 Å². The zero-order chi connectivity index (χ0) is 101. The number of benzene rings is 12. The number of fused-ring (bicyclic) bond motifs is 4. The van der Waals surface area contributed by atoms with Crippen molar-refractivity contribution in [3.8, 4) is 23.0 Å². The third-order valence-electron chi connectivity index (χ3n) is 23.2. The first kappa shape index (κ1) is 102. The highest BCUT2D eigenvalue weighted by molar-refractivity contribution is 7.91. The summed E-state index contributed by atoms with van der Waals surface area (Å²) in [5, 5.41) is 15.1. The minimum atomic E-state index is -3.61. The third-order valence-corrected chi connectivity index (χ3v) is 28.0. The van der Waals surface area contributed by atoms with Gasteiger partial charge in [-0.15, -0.1) is 0 Å². The van der Waals surface area contributed by atoms with Gasteiger partial charge in [0.05, 0.1) is 53.5 Å². The van der Waals surface area contributed by atoms with Crippen LogP contribution in [0.5, 0.6) is 23.0 Å². The molecule has 0 aliphatic carbocycles. The van der Waals surface area contributed by atoms with E-state index in [0.29, 0.717) is 117 Å². The van der Waals surface area contributed by atoms with Crippen molar-refractivity contribution in [3.63, 3.8) is 0 Å². The average Bonchev–Trinajstić information content (AvgIpc) is 1.68. The zero-order valence-corrected chi connectivity index (χ0v) is 81.4. The van der Waals surface area contributed by atoms with Crippen LogP contribution in [0.2, 0.25) is 5.02 Å². The summed E-state index contributed by atoms with van der Waals surface area (Å²) in [6, 6.07) is 44.5. The molecule has 4 unspecified atom stereocenters. The fourth-order valence-electron chi connectivity index (χ4n) is 15.9. The number of Topliss-reactive ketones (excluding diaryl/α,β-unsaturated/α-hetero) is 4. The molecule has 139 heavy (non-hydrogen) atoms. The molecule has 36 heteroatoms. The first-order chi connectivity index (χ1) is 65.5. The Morgan fingerprint density at radius 3 is 0.928 bits per heavy atom. The van der Waals surface area contributed by atoms with Gasteiger partial charge in [0.1, 0.15) is 76.3 Å². The Morgan fingerprint density at radius 1 is 0.302 bits per heavy atom. The number of ether oxygens (including phenoxy) is 4. The van der Waals surface area contributed by atoms with Crippen molar-refractivity contribution < 1.29 is 103 Å². The number of rotatable bonds is 28. The molecule has 0 spiro atoms. The second kappa shape index (κ2) is 41.4. The maximum Gasteiger partial charge on any atom is 0.191 e. The van der Waals surface area contributed by atoms with Crippen LogP contribution in [0.3, 0.4) is 0 Å². The normalized spacial score (nSPS) is 12.5. The summed E-state index contributed by atoms with van der Waals surface area (Å²) in [6.45, 7) is 12.2. The quantitative estimate of drug-likeness (QED) is 0.0167. The van der Waals surface area contributed by atoms with Crippen molar-refractivity contribution in [2.24, 2.45) is 0 Å². The number of anilines is 4. The van der Waals surface area contributed by atoms with Gasteiger partial charge >= 0.3 is 0 Å². The first-order valence-electron chi connectivity index (χ1n) is 42.4. The van der Waals surface area contributed by atoms with Crippen LogP contribution in [-0.4, -0.2) is 130 Å². The smallest absolute Gasteiger partial charge is 0.191 e. The minimum Gasteiger partial charge on any atom is -0.497 e.